The van der Waals surface area contributed by atoms with Gasteiger partial charge in [0.15, 0.2) is 0 Å². The third-order valence-corrected chi connectivity index (χ3v) is 2.68. The first-order valence-corrected chi connectivity index (χ1v) is 5.20. The fourth-order valence-corrected chi connectivity index (χ4v) is 2.04. The molecule has 0 saturated heterocycles. The molecule has 0 spiro atoms. The van der Waals surface area contributed by atoms with Crippen molar-refractivity contribution in [2.45, 2.75) is 9.92 Å². The van der Waals surface area contributed by atoms with Crippen LogP contribution >= 0.6 is 11.8 Å². The van der Waals surface area contributed by atoms with Gasteiger partial charge in [0.2, 0.25) is 0 Å². The molecule has 2 rings (SSSR count). The Morgan fingerprint density at radius 3 is 2.73 bits per heavy atom. The molecule has 0 amide bonds. The molecule has 4 heteroatoms. The molecular weight excluding hydrogens is 211 g/mol. The molecule has 0 unspecified atom stereocenters. The lowest BCUT2D eigenvalue weighted by Gasteiger charge is -2.02. The first-order chi connectivity index (χ1) is 7.24. The smallest absolute Gasteiger partial charge is 0.126 e. The summed E-state index contributed by atoms with van der Waals surface area (Å²) < 4.78 is 13.0. The van der Waals surface area contributed by atoms with Crippen molar-refractivity contribution in [1.29, 1.82) is 0 Å². The van der Waals surface area contributed by atoms with Crippen LogP contribution in [0, 0.1) is 5.82 Å². The van der Waals surface area contributed by atoms with E-state index < -0.39 is 0 Å². The van der Waals surface area contributed by atoms with E-state index in [1.807, 2.05) is 18.2 Å². The van der Waals surface area contributed by atoms with Crippen molar-refractivity contribution >= 4 is 17.4 Å². The third kappa shape index (κ3) is 2.70. The second-order valence-corrected chi connectivity index (χ2v) is 4.08. The average Bonchev–Trinajstić information content (AvgIpc) is 2.17. The first kappa shape index (κ1) is 9.98. The van der Waals surface area contributed by atoms with E-state index >= 15 is 0 Å². The molecule has 0 fully saturated rings. The van der Waals surface area contributed by atoms with Crippen molar-refractivity contribution in [3.05, 3.63) is 48.4 Å². The zero-order valence-electron chi connectivity index (χ0n) is 7.85. The number of hydrogen-bond donors (Lipinski definition) is 1. The minimum absolute atomic E-state index is 0.326. The summed E-state index contributed by atoms with van der Waals surface area (Å²) in [4.78, 5) is 4.89. The average molecular weight is 220 g/mol. The van der Waals surface area contributed by atoms with E-state index in [0.29, 0.717) is 5.69 Å². The molecule has 0 aliphatic rings. The van der Waals surface area contributed by atoms with Crippen LogP contribution in [0.3, 0.4) is 0 Å². The number of hydrogen-bond acceptors (Lipinski definition) is 3. The minimum atomic E-state index is -0.326. The maximum absolute atomic E-state index is 13.0. The molecule has 2 nitrogen and oxygen atoms in total. The van der Waals surface area contributed by atoms with Crippen LogP contribution in [0.25, 0.3) is 0 Å². The van der Waals surface area contributed by atoms with Crippen LogP contribution < -0.4 is 5.73 Å². The molecule has 2 N–H and O–H groups in total. The highest BCUT2D eigenvalue weighted by Crippen LogP contribution is 2.27. The third-order valence-electron chi connectivity index (χ3n) is 1.75. The number of benzene rings is 1. The SMILES string of the molecule is Nc1cc(F)cc(Sc2ccccn2)c1. The summed E-state index contributed by atoms with van der Waals surface area (Å²) in [6, 6.07) is 10.0. The second kappa shape index (κ2) is 4.31. The topological polar surface area (TPSA) is 38.9 Å². The zero-order chi connectivity index (χ0) is 10.7. The van der Waals surface area contributed by atoms with Crippen molar-refractivity contribution in [1.82, 2.24) is 4.98 Å². The van der Waals surface area contributed by atoms with Crippen molar-refractivity contribution in [3.8, 4) is 0 Å². The Morgan fingerprint density at radius 1 is 1.20 bits per heavy atom. The summed E-state index contributed by atoms with van der Waals surface area (Å²) in [5, 5.41) is 0.822. The molecule has 0 aliphatic heterocycles. The lowest BCUT2D eigenvalue weighted by Crippen LogP contribution is -1.87. The van der Waals surface area contributed by atoms with E-state index in [9.17, 15) is 4.39 Å². The molecule has 76 valence electrons. The molecule has 0 radical (unpaired) electrons. The van der Waals surface area contributed by atoms with Gasteiger partial charge in [-0.2, -0.15) is 0 Å². The molecule has 1 heterocycles. The summed E-state index contributed by atoms with van der Waals surface area (Å²) in [5.74, 6) is -0.326. The van der Waals surface area contributed by atoms with Crippen molar-refractivity contribution < 1.29 is 4.39 Å². The van der Waals surface area contributed by atoms with Gasteiger partial charge in [0, 0.05) is 16.8 Å². The van der Waals surface area contributed by atoms with E-state index in [1.165, 1.54) is 23.9 Å². The van der Waals surface area contributed by atoms with E-state index in [1.54, 1.807) is 12.3 Å². The molecule has 1 aromatic carbocycles. The van der Waals surface area contributed by atoms with Gasteiger partial charge >= 0.3 is 0 Å². The highest BCUT2D eigenvalue weighted by atomic mass is 32.2. The van der Waals surface area contributed by atoms with E-state index in [0.717, 1.165) is 9.92 Å². The van der Waals surface area contributed by atoms with Gasteiger partial charge < -0.3 is 5.73 Å². The number of rotatable bonds is 2. The Bertz CT molecular complexity index is 439. The van der Waals surface area contributed by atoms with Crippen molar-refractivity contribution in [3.63, 3.8) is 0 Å². The van der Waals surface area contributed by atoms with Gasteiger partial charge in [-0.1, -0.05) is 17.8 Å². The largest absolute Gasteiger partial charge is 0.399 e. The maximum atomic E-state index is 13.0. The highest BCUT2D eigenvalue weighted by molar-refractivity contribution is 7.99. The number of nitrogens with zero attached hydrogens (tertiary/aromatic N) is 1. The molecule has 2 aromatic rings. The van der Waals surface area contributed by atoms with Gasteiger partial charge in [-0.25, -0.2) is 9.37 Å². The van der Waals surface area contributed by atoms with Crippen LogP contribution in [0.5, 0.6) is 0 Å². The summed E-state index contributed by atoms with van der Waals surface area (Å²) in [5.41, 5.74) is 5.96. The van der Waals surface area contributed by atoms with Crippen molar-refractivity contribution in [2.24, 2.45) is 0 Å². The quantitative estimate of drug-likeness (QED) is 0.791. The van der Waals surface area contributed by atoms with E-state index in [4.69, 9.17) is 5.73 Å². The molecule has 0 atom stereocenters. The van der Waals surface area contributed by atoms with Crippen LogP contribution in [-0.2, 0) is 0 Å². The fraction of sp³-hybridized carbons (Fsp3) is 0. The Balaban J connectivity index is 2.25. The van der Waals surface area contributed by atoms with Gasteiger partial charge in [0.25, 0.3) is 0 Å². The number of nitrogen functional groups attached to an aromatic ring is 1. The molecule has 0 saturated carbocycles. The van der Waals surface area contributed by atoms with Gasteiger partial charge in [-0.05, 0) is 30.3 Å². The predicted octanol–water partition coefficient (Wildman–Crippen LogP) is 2.95. The minimum Gasteiger partial charge on any atom is -0.399 e. The Kier molecular flexibility index (Phi) is 2.87. The molecule has 1 aromatic heterocycles. The van der Waals surface area contributed by atoms with Crippen LogP contribution in [0.1, 0.15) is 0 Å². The monoisotopic (exact) mass is 220 g/mol. The Labute approximate surface area is 91.3 Å². The van der Waals surface area contributed by atoms with Crippen LogP contribution in [0.2, 0.25) is 0 Å². The summed E-state index contributed by atoms with van der Waals surface area (Å²) in [6.07, 6.45) is 1.70. The van der Waals surface area contributed by atoms with Crippen LogP contribution in [0.4, 0.5) is 10.1 Å². The number of aromatic nitrogens is 1. The summed E-state index contributed by atoms with van der Waals surface area (Å²) >= 11 is 1.38. The first-order valence-electron chi connectivity index (χ1n) is 4.39. The maximum Gasteiger partial charge on any atom is 0.126 e. The molecule has 0 bridgehead atoms. The summed E-state index contributed by atoms with van der Waals surface area (Å²) in [6.45, 7) is 0. The van der Waals surface area contributed by atoms with E-state index in [2.05, 4.69) is 4.98 Å². The predicted molar refractivity (Wildman–Crippen MR) is 59.2 cm³/mol. The van der Waals surface area contributed by atoms with Crippen LogP contribution in [-0.4, -0.2) is 4.98 Å². The fourth-order valence-electron chi connectivity index (χ4n) is 1.17. The number of nitrogens with two attached hydrogens (primary N) is 1. The number of pyridine rings is 1. The Hall–Kier alpha value is -1.55. The molecular formula is C11H9FN2S. The molecule has 15 heavy (non-hydrogen) atoms. The van der Waals surface area contributed by atoms with Gasteiger partial charge in [-0.15, -0.1) is 0 Å². The number of halogens is 1. The van der Waals surface area contributed by atoms with Crippen LogP contribution in [0.15, 0.2) is 52.5 Å². The van der Waals surface area contributed by atoms with Gasteiger partial charge in [-0.3, -0.25) is 0 Å². The van der Waals surface area contributed by atoms with E-state index in [-0.39, 0.29) is 5.82 Å². The lowest BCUT2D eigenvalue weighted by atomic mass is 10.3. The standard InChI is InChI=1S/C11H9FN2S/c12-8-5-9(13)7-10(6-8)15-11-3-1-2-4-14-11/h1-7H,13H2. The van der Waals surface area contributed by atoms with Crippen molar-refractivity contribution in [2.75, 3.05) is 5.73 Å². The second-order valence-electron chi connectivity index (χ2n) is 2.99. The lowest BCUT2D eigenvalue weighted by molar-refractivity contribution is 0.625. The normalized spacial score (nSPS) is 10.2. The zero-order valence-corrected chi connectivity index (χ0v) is 8.67. The summed E-state index contributed by atoms with van der Waals surface area (Å²) in [7, 11) is 0. The number of anilines is 1. The van der Waals surface area contributed by atoms with Gasteiger partial charge in [0.05, 0.1) is 0 Å². The Morgan fingerprint density at radius 2 is 2.07 bits per heavy atom. The highest BCUT2D eigenvalue weighted by Gasteiger charge is 2.01. The molecule has 0 aliphatic carbocycles. The van der Waals surface area contributed by atoms with Gasteiger partial charge in [0.1, 0.15) is 10.8 Å².